The van der Waals surface area contributed by atoms with Crippen LogP contribution in [0.1, 0.15) is 44.9 Å². The summed E-state index contributed by atoms with van der Waals surface area (Å²) in [4.78, 5) is 0.551. The minimum atomic E-state index is 0.217. The Morgan fingerprint density at radius 2 is 1.57 bits per heavy atom. The van der Waals surface area contributed by atoms with Crippen LogP contribution in [0.5, 0.6) is 5.75 Å². The van der Waals surface area contributed by atoms with Crippen molar-refractivity contribution in [2.45, 2.75) is 55.9 Å². The van der Waals surface area contributed by atoms with E-state index in [1.54, 1.807) is 12.1 Å². The first-order valence-electron chi connectivity index (χ1n) is 7.48. The molecule has 1 nitrogen and oxygen atoms in total. The zero-order valence-electron chi connectivity index (χ0n) is 11.7. The molecule has 1 aromatic rings. The number of ether oxygens (including phenoxy) is 1. The Labute approximate surface area is 149 Å². The first kappa shape index (κ1) is 16.2. The van der Waals surface area contributed by atoms with Crippen molar-refractivity contribution in [1.82, 2.24) is 0 Å². The Balaban J connectivity index is 1.80. The zero-order chi connectivity index (χ0) is 15.0. The van der Waals surface area contributed by atoms with Gasteiger partial charge >= 0.3 is 0 Å². The molecule has 3 rings (SSSR count). The van der Waals surface area contributed by atoms with E-state index in [1.165, 1.54) is 38.5 Å². The maximum atomic E-state index is 6.24. The topological polar surface area (TPSA) is 9.23 Å². The number of alkyl halides is 1. The summed E-state index contributed by atoms with van der Waals surface area (Å²) in [6, 6.07) is 3.39. The standard InChI is InChI=1S/C16H18BrCl3O/c17-14-9-15(16(14)5-3-1-2-4-6-16)21-13-8-11(19)10(18)7-12(13)20/h7-8,14-15H,1-6,9H2. The van der Waals surface area contributed by atoms with E-state index >= 15 is 0 Å². The Morgan fingerprint density at radius 3 is 2.19 bits per heavy atom. The van der Waals surface area contributed by atoms with E-state index in [4.69, 9.17) is 39.5 Å². The SMILES string of the molecule is Clc1cc(Cl)c(OC2CC(Br)C23CCCCCC3)cc1Cl. The second-order valence-corrected chi connectivity index (χ2v) is 8.48. The molecular formula is C16H18BrCl3O. The fourth-order valence-corrected chi connectivity index (χ4v) is 5.31. The molecule has 0 N–H and O–H groups in total. The van der Waals surface area contributed by atoms with Gasteiger partial charge in [0.2, 0.25) is 0 Å². The normalized spacial score (nSPS) is 28.0. The second-order valence-electron chi connectivity index (χ2n) is 6.15. The monoisotopic (exact) mass is 410 g/mol. The van der Waals surface area contributed by atoms with Crippen molar-refractivity contribution in [2.24, 2.45) is 5.41 Å². The van der Waals surface area contributed by atoms with Gasteiger partial charge in [-0.1, -0.05) is 76.4 Å². The molecule has 21 heavy (non-hydrogen) atoms. The highest BCUT2D eigenvalue weighted by Crippen LogP contribution is 2.56. The highest BCUT2D eigenvalue weighted by Gasteiger charge is 2.55. The minimum absolute atomic E-state index is 0.217. The number of halogens is 4. The van der Waals surface area contributed by atoms with Crippen molar-refractivity contribution < 1.29 is 4.74 Å². The summed E-state index contributed by atoms with van der Waals surface area (Å²) >= 11 is 22.2. The minimum Gasteiger partial charge on any atom is -0.488 e. The molecule has 5 heteroatoms. The quantitative estimate of drug-likeness (QED) is 0.379. The predicted molar refractivity (Wildman–Crippen MR) is 93.4 cm³/mol. The van der Waals surface area contributed by atoms with E-state index < -0.39 is 0 Å². The Hall–Kier alpha value is 0.370. The van der Waals surface area contributed by atoms with Gasteiger partial charge in [0.05, 0.1) is 15.1 Å². The van der Waals surface area contributed by atoms with Gasteiger partial charge in [-0.05, 0) is 25.3 Å². The fraction of sp³-hybridized carbons (Fsp3) is 0.625. The molecular weight excluding hydrogens is 394 g/mol. The highest BCUT2D eigenvalue weighted by molar-refractivity contribution is 9.09. The largest absolute Gasteiger partial charge is 0.488 e. The average molecular weight is 413 g/mol. The van der Waals surface area contributed by atoms with Crippen molar-refractivity contribution >= 4 is 50.7 Å². The molecule has 116 valence electrons. The maximum absolute atomic E-state index is 6.24. The molecule has 0 bridgehead atoms. The van der Waals surface area contributed by atoms with Crippen molar-refractivity contribution in [2.75, 3.05) is 0 Å². The van der Waals surface area contributed by atoms with Crippen LogP contribution >= 0.6 is 50.7 Å². The third-order valence-corrected chi connectivity index (χ3v) is 7.27. The summed E-state index contributed by atoms with van der Waals surface area (Å²) in [5.41, 5.74) is 0.256. The fourth-order valence-electron chi connectivity index (χ4n) is 3.63. The average Bonchev–Trinajstić information content (AvgIpc) is 2.72. The summed E-state index contributed by atoms with van der Waals surface area (Å²) in [6.07, 6.45) is 8.95. The lowest BCUT2D eigenvalue weighted by Gasteiger charge is -2.53. The Morgan fingerprint density at radius 1 is 0.952 bits per heavy atom. The molecule has 2 atom stereocenters. The first-order chi connectivity index (χ1) is 10.0. The van der Waals surface area contributed by atoms with E-state index in [0.29, 0.717) is 25.6 Å². The maximum Gasteiger partial charge on any atom is 0.139 e. The molecule has 0 radical (unpaired) electrons. The molecule has 2 saturated carbocycles. The lowest BCUT2D eigenvalue weighted by Crippen LogP contribution is -2.56. The van der Waals surface area contributed by atoms with E-state index in [-0.39, 0.29) is 11.5 Å². The summed E-state index contributed by atoms with van der Waals surface area (Å²) in [5.74, 6) is 0.652. The smallest absolute Gasteiger partial charge is 0.139 e. The van der Waals surface area contributed by atoms with Crippen molar-refractivity contribution in [3.05, 3.63) is 27.2 Å². The molecule has 0 aromatic heterocycles. The highest BCUT2D eigenvalue weighted by atomic mass is 79.9. The molecule has 2 aliphatic carbocycles. The Bertz CT molecular complexity index is 526. The van der Waals surface area contributed by atoms with Gasteiger partial charge in [0.15, 0.2) is 0 Å². The molecule has 2 unspecified atom stereocenters. The van der Waals surface area contributed by atoms with E-state index in [0.717, 1.165) is 6.42 Å². The van der Waals surface area contributed by atoms with Crippen molar-refractivity contribution in [1.29, 1.82) is 0 Å². The lowest BCUT2D eigenvalue weighted by molar-refractivity contribution is -0.0461. The zero-order valence-corrected chi connectivity index (χ0v) is 15.5. The van der Waals surface area contributed by atoms with Crippen molar-refractivity contribution in [3.8, 4) is 5.75 Å². The third kappa shape index (κ3) is 3.06. The van der Waals surface area contributed by atoms with Crippen LogP contribution in [0.4, 0.5) is 0 Å². The van der Waals surface area contributed by atoms with Gasteiger partial charge in [-0.15, -0.1) is 0 Å². The molecule has 0 saturated heterocycles. The van der Waals surface area contributed by atoms with Gasteiger partial charge in [0.25, 0.3) is 0 Å². The van der Waals surface area contributed by atoms with Gasteiger partial charge in [-0.2, -0.15) is 0 Å². The van der Waals surface area contributed by atoms with Gasteiger partial charge in [0.1, 0.15) is 11.9 Å². The van der Waals surface area contributed by atoms with Crippen molar-refractivity contribution in [3.63, 3.8) is 0 Å². The Kier molecular flexibility index (Phi) is 5.00. The number of benzene rings is 1. The van der Waals surface area contributed by atoms with Gasteiger partial charge in [0, 0.05) is 16.3 Å². The molecule has 0 amide bonds. The van der Waals surface area contributed by atoms with Gasteiger partial charge in [-0.25, -0.2) is 0 Å². The van der Waals surface area contributed by atoms with Crippen LogP contribution in [-0.2, 0) is 0 Å². The van der Waals surface area contributed by atoms with Gasteiger partial charge < -0.3 is 4.74 Å². The molecule has 1 spiro atoms. The molecule has 2 fully saturated rings. The van der Waals surface area contributed by atoms with Crippen LogP contribution in [0.25, 0.3) is 0 Å². The molecule has 0 aliphatic heterocycles. The second kappa shape index (κ2) is 6.47. The van der Waals surface area contributed by atoms with Crippen LogP contribution in [0, 0.1) is 5.41 Å². The lowest BCUT2D eigenvalue weighted by atomic mass is 9.61. The number of hydrogen-bond acceptors (Lipinski definition) is 1. The van der Waals surface area contributed by atoms with Gasteiger partial charge in [-0.3, -0.25) is 0 Å². The predicted octanol–water partition coefficient (Wildman–Crippen LogP) is 6.90. The van der Waals surface area contributed by atoms with Crippen LogP contribution in [0.3, 0.4) is 0 Å². The molecule has 1 aromatic carbocycles. The molecule has 0 heterocycles. The number of rotatable bonds is 2. The van der Waals surface area contributed by atoms with Crippen LogP contribution in [0.2, 0.25) is 15.1 Å². The third-order valence-electron chi connectivity index (χ3n) is 4.96. The molecule has 2 aliphatic rings. The summed E-state index contributed by atoms with van der Waals surface area (Å²) in [5, 5.41) is 1.48. The van der Waals surface area contributed by atoms with Crippen LogP contribution in [0.15, 0.2) is 12.1 Å². The summed E-state index contributed by atoms with van der Waals surface area (Å²) in [6.45, 7) is 0. The number of hydrogen-bond donors (Lipinski definition) is 0. The van der Waals surface area contributed by atoms with Crippen LogP contribution in [-0.4, -0.2) is 10.9 Å². The van der Waals surface area contributed by atoms with E-state index in [2.05, 4.69) is 15.9 Å². The van der Waals surface area contributed by atoms with E-state index in [9.17, 15) is 0 Å². The summed E-state index contributed by atoms with van der Waals surface area (Å²) < 4.78 is 6.23. The van der Waals surface area contributed by atoms with E-state index in [1.807, 2.05) is 0 Å². The summed E-state index contributed by atoms with van der Waals surface area (Å²) in [7, 11) is 0. The first-order valence-corrected chi connectivity index (χ1v) is 9.53. The van der Waals surface area contributed by atoms with Crippen LogP contribution < -0.4 is 4.74 Å².